The summed E-state index contributed by atoms with van der Waals surface area (Å²) in [6.45, 7) is 8.27. The first-order valence-corrected chi connectivity index (χ1v) is 8.54. The molecule has 2 rings (SSSR count). The second-order valence-corrected chi connectivity index (χ2v) is 6.99. The lowest BCUT2D eigenvalue weighted by atomic mass is 9.90. The number of carbonyl (C=O) groups is 1. The maximum Gasteiger partial charge on any atom is 0.410 e. The lowest BCUT2D eigenvalue weighted by molar-refractivity contribution is 0.0201. The molecule has 0 aliphatic heterocycles. The number of pyridine rings is 1. The zero-order chi connectivity index (χ0) is 17.7. The highest BCUT2D eigenvalue weighted by Gasteiger charge is 2.28. The van der Waals surface area contributed by atoms with Crippen LogP contribution < -0.4 is 4.74 Å². The van der Waals surface area contributed by atoms with Gasteiger partial charge in [0.1, 0.15) is 11.4 Å². The van der Waals surface area contributed by atoms with E-state index >= 15 is 0 Å². The number of hydrogen-bond donors (Lipinski definition) is 0. The van der Waals surface area contributed by atoms with Crippen molar-refractivity contribution in [2.24, 2.45) is 0 Å². The van der Waals surface area contributed by atoms with Crippen LogP contribution in [0.3, 0.4) is 0 Å². The van der Waals surface area contributed by atoms with Crippen LogP contribution in [0.5, 0.6) is 5.75 Å². The van der Waals surface area contributed by atoms with Crippen molar-refractivity contribution in [3.63, 3.8) is 0 Å². The minimum Gasteiger partial charge on any atom is -0.496 e. The molecule has 1 aliphatic carbocycles. The molecular formula is C19H28N2O3. The normalized spacial score (nSPS) is 17.9. The van der Waals surface area contributed by atoms with Crippen LogP contribution in [0, 0.1) is 0 Å². The molecule has 0 spiro atoms. The number of hydrogen-bond acceptors (Lipinski definition) is 4. The monoisotopic (exact) mass is 332 g/mol. The zero-order valence-corrected chi connectivity index (χ0v) is 15.3. The first-order chi connectivity index (χ1) is 11.4. The Morgan fingerprint density at radius 3 is 2.79 bits per heavy atom. The smallest absolute Gasteiger partial charge is 0.410 e. The molecule has 1 aromatic rings. The van der Waals surface area contributed by atoms with Crippen LogP contribution in [0.4, 0.5) is 4.79 Å². The standard InChI is InChI=1S/C19H28N2O3/c1-6-21(18(22)24-19(2,3)4)15-9-7-8-14(12-15)16-13-20-11-10-17(16)23-5/h10-13,15H,6-9H2,1-5H3. The number of allylic oxidation sites excluding steroid dienone is 1. The average Bonchev–Trinajstić information content (AvgIpc) is 2.54. The summed E-state index contributed by atoms with van der Waals surface area (Å²) in [4.78, 5) is 18.5. The van der Waals surface area contributed by atoms with Crippen molar-refractivity contribution in [3.8, 4) is 5.75 Å². The Kier molecular flexibility index (Phi) is 5.86. The molecule has 0 N–H and O–H groups in total. The molecule has 0 radical (unpaired) electrons. The molecule has 132 valence electrons. The third-order valence-corrected chi connectivity index (χ3v) is 4.06. The largest absolute Gasteiger partial charge is 0.496 e. The first-order valence-electron chi connectivity index (χ1n) is 8.54. The number of methoxy groups -OCH3 is 1. The van der Waals surface area contributed by atoms with Crippen molar-refractivity contribution in [2.75, 3.05) is 13.7 Å². The molecular weight excluding hydrogens is 304 g/mol. The van der Waals surface area contributed by atoms with Gasteiger partial charge in [-0.05, 0) is 58.6 Å². The summed E-state index contributed by atoms with van der Waals surface area (Å²) < 4.78 is 11.0. The van der Waals surface area contributed by atoms with Gasteiger partial charge in [-0.25, -0.2) is 4.79 Å². The lowest BCUT2D eigenvalue weighted by Crippen LogP contribution is -2.43. The van der Waals surface area contributed by atoms with Crippen molar-refractivity contribution in [1.29, 1.82) is 0 Å². The quantitative estimate of drug-likeness (QED) is 0.825. The van der Waals surface area contributed by atoms with E-state index in [0.717, 1.165) is 30.6 Å². The van der Waals surface area contributed by atoms with Gasteiger partial charge in [-0.2, -0.15) is 0 Å². The molecule has 5 heteroatoms. The van der Waals surface area contributed by atoms with Crippen molar-refractivity contribution >= 4 is 11.7 Å². The van der Waals surface area contributed by atoms with E-state index < -0.39 is 5.60 Å². The van der Waals surface area contributed by atoms with Gasteiger partial charge in [0.2, 0.25) is 0 Å². The van der Waals surface area contributed by atoms with Gasteiger partial charge in [0.25, 0.3) is 0 Å². The summed E-state index contributed by atoms with van der Waals surface area (Å²) >= 11 is 0. The van der Waals surface area contributed by atoms with Gasteiger partial charge in [0.15, 0.2) is 0 Å². The Bertz CT molecular complexity index is 605. The maximum atomic E-state index is 12.5. The van der Waals surface area contributed by atoms with Crippen LogP contribution in [0.2, 0.25) is 0 Å². The highest BCUT2D eigenvalue weighted by atomic mass is 16.6. The minimum atomic E-state index is -0.488. The number of nitrogens with zero attached hydrogens (tertiary/aromatic N) is 2. The molecule has 1 unspecified atom stereocenters. The summed E-state index contributed by atoms with van der Waals surface area (Å²) in [6.07, 6.45) is 8.39. The summed E-state index contributed by atoms with van der Waals surface area (Å²) in [5, 5.41) is 0. The highest BCUT2D eigenvalue weighted by Crippen LogP contribution is 2.33. The van der Waals surface area contributed by atoms with Gasteiger partial charge in [0.05, 0.1) is 13.2 Å². The number of likely N-dealkylation sites (N-methyl/N-ethyl adjacent to an activating group) is 1. The molecule has 0 bridgehead atoms. The highest BCUT2D eigenvalue weighted by molar-refractivity contribution is 5.73. The van der Waals surface area contributed by atoms with Gasteiger partial charge in [0, 0.05) is 24.5 Å². The Balaban J connectivity index is 2.25. The topological polar surface area (TPSA) is 51.7 Å². The fraction of sp³-hybridized carbons (Fsp3) is 0.579. The Hall–Kier alpha value is -2.04. The molecule has 5 nitrogen and oxygen atoms in total. The number of carbonyl (C=O) groups excluding carboxylic acids is 1. The van der Waals surface area contributed by atoms with Crippen LogP contribution in [-0.4, -0.2) is 41.3 Å². The van der Waals surface area contributed by atoms with Gasteiger partial charge in [-0.15, -0.1) is 0 Å². The van der Waals surface area contributed by atoms with Crippen molar-refractivity contribution in [2.45, 2.75) is 58.6 Å². The second-order valence-electron chi connectivity index (χ2n) is 6.99. The summed E-state index contributed by atoms with van der Waals surface area (Å²) in [5.41, 5.74) is 1.70. The molecule has 24 heavy (non-hydrogen) atoms. The van der Waals surface area contributed by atoms with E-state index in [1.165, 1.54) is 5.57 Å². The molecule has 0 fully saturated rings. The van der Waals surface area contributed by atoms with E-state index in [-0.39, 0.29) is 12.1 Å². The van der Waals surface area contributed by atoms with Gasteiger partial charge < -0.3 is 14.4 Å². The number of amides is 1. The van der Waals surface area contributed by atoms with E-state index in [9.17, 15) is 4.79 Å². The predicted molar refractivity (Wildman–Crippen MR) is 95.0 cm³/mol. The fourth-order valence-electron chi connectivity index (χ4n) is 2.99. The molecule has 0 saturated heterocycles. The van der Waals surface area contributed by atoms with Crippen molar-refractivity contribution < 1.29 is 14.3 Å². The van der Waals surface area contributed by atoms with Gasteiger partial charge in [-0.1, -0.05) is 6.08 Å². The van der Waals surface area contributed by atoms with E-state index in [2.05, 4.69) is 11.1 Å². The molecule has 1 aromatic heterocycles. The Morgan fingerprint density at radius 2 is 2.17 bits per heavy atom. The van der Waals surface area contributed by atoms with Crippen molar-refractivity contribution in [1.82, 2.24) is 9.88 Å². The SMILES string of the molecule is CCN(C(=O)OC(C)(C)C)C1C=C(c2cnccc2OC)CCC1. The van der Waals surface area contributed by atoms with Gasteiger partial charge in [-0.3, -0.25) is 4.98 Å². The molecule has 1 amide bonds. The van der Waals surface area contributed by atoms with E-state index in [1.807, 2.05) is 40.0 Å². The summed E-state index contributed by atoms with van der Waals surface area (Å²) in [5.74, 6) is 0.817. The predicted octanol–water partition coefficient (Wildman–Crippen LogP) is 4.28. The number of aromatic nitrogens is 1. The number of rotatable bonds is 4. The summed E-state index contributed by atoms with van der Waals surface area (Å²) in [7, 11) is 1.67. The van der Waals surface area contributed by atoms with Crippen LogP contribution in [0.25, 0.3) is 5.57 Å². The van der Waals surface area contributed by atoms with Crippen LogP contribution in [-0.2, 0) is 4.74 Å². The maximum absolute atomic E-state index is 12.5. The second kappa shape index (κ2) is 7.69. The molecule has 1 atom stereocenters. The third-order valence-electron chi connectivity index (χ3n) is 4.06. The Labute approximate surface area is 144 Å². The third kappa shape index (κ3) is 4.49. The summed E-state index contributed by atoms with van der Waals surface area (Å²) in [6, 6.07) is 1.91. The molecule has 0 aromatic carbocycles. The molecule has 1 aliphatic rings. The van der Waals surface area contributed by atoms with Crippen LogP contribution in [0.1, 0.15) is 52.5 Å². The van der Waals surface area contributed by atoms with E-state index in [0.29, 0.717) is 6.54 Å². The van der Waals surface area contributed by atoms with E-state index in [4.69, 9.17) is 9.47 Å². The fourth-order valence-corrected chi connectivity index (χ4v) is 2.99. The van der Waals surface area contributed by atoms with Crippen LogP contribution in [0.15, 0.2) is 24.5 Å². The Morgan fingerprint density at radius 1 is 1.42 bits per heavy atom. The molecule has 1 heterocycles. The van der Waals surface area contributed by atoms with Gasteiger partial charge >= 0.3 is 6.09 Å². The molecule has 0 saturated carbocycles. The van der Waals surface area contributed by atoms with Crippen LogP contribution >= 0.6 is 0 Å². The lowest BCUT2D eigenvalue weighted by Gasteiger charge is -2.34. The average molecular weight is 332 g/mol. The zero-order valence-electron chi connectivity index (χ0n) is 15.3. The van der Waals surface area contributed by atoms with Crippen molar-refractivity contribution in [3.05, 3.63) is 30.1 Å². The minimum absolute atomic E-state index is 0.0403. The van der Waals surface area contributed by atoms with E-state index in [1.54, 1.807) is 18.2 Å². The number of ether oxygens (including phenoxy) is 2. The first kappa shape index (κ1) is 18.3.